The Morgan fingerprint density at radius 2 is 2.25 bits per heavy atom. The zero-order valence-corrected chi connectivity index (χ0v) is 10.6. The van der Waals surface area contributed by atoms with E-state index in [4.69, 9.17) is 0 Å². The van der Waals surface area contributed by atoms with E-state index in [2.05, 4.69) is 17.4 Å². The van der Waals surface area contributed by atoms with Crippen molar-refractivity contribution in [3.8, 4) is 0 Å². The molecule has 0 unspecified atom stereocenters. The Labute approximate surface area is 99.9 Å². The van der Waals surface area contributed by atoms with Crippen molar-refractivity contribution in [2.24, 2.45) is 5.92 Å². The minimum Gasteiger partial charge on any atom is -0.385 e. The Hall–Kier alpha value is -0.830. The molecule has 1 saturated carbocycles. The molecule has 3 heteroatoms. The largest absolute Gasteiger partial charge is 0.385 e. The lowest BCUT2D eigenvalue weighted by molar-refractivity contribution is 0.333. The van der Waals surface area contributed by atoms with Gasteiger partial charge in [0.25, 0.3) is 0 Å². The van der Waals surface area contributed by atoms with Gasteiger partial charge < -0.3 is 5.32 Å². The smallest absolute Gasteiger partial charge is 0.0483 e. The molecule has 1 N–H and O–H groups in total. The molecule has 1 aromatic carbocycles. The van der Waals surface area contributed by atoms with Gasteiger partial charge in [-0.05, 0) is 36.5 Å². The first-order valence-corrected chi connectivity index (χ1v) is 7.59. The second-order valence-corrected chi connectivity index (χ2v) is 6.03. The molecular formula is C13H19NOS. The Kier molecular flexibility index (Phi) is 3.99. The van der Waals surface area contributed by atoms with E-state index in [-0.39, 0.29) is 0 Å². The maximum atomic E-state index is 11.1. The Morgan fingerprint density at radius 1 is 1.44 bits per heavy atom. The summed E-state index contributed by atoms with van der Waals surface area (Å²) >= 11 is 0. The first kappa shape index (κ1) is 11.6. The predicted molar refractivity (Wildman–Crippen MR) is 70.0 cm³/mol. The van der Waals surface area contributed by atoms with Crippen molar-refractivity contribution in [3.63, 3.8) is 0 Å². The van der Waals surface area contributed by atoms with Crippen molar-refractivity contribution in [2.45, 2.75) is 25.0 Å². The molecule has 1 aromatic rings. The average molecular weight is 237 g/mol. The van der Waals surface area contributed by atoms with Crippen LogP contribution in [0.5, 0.6) is 0 Å². The predicted octanol–water partition coefficient (Wildman–Crippen LogP) is 2.78. The zero-order valence-electron chi connectivity index (χ0n) is 9.74. The van der Waals surface area contributed by atoms with Gasteiger partial charge in [0.15, 0.2) is 0 Å². The van der Waals surface area contributed by atoms with Gasteiger partial charge >= 0.3 is 0 Å². The van der Waals surface area contributed by atoms with Gasteiger partial charge in [0.05, 0.1) is 0 Å². The molecule has 1 aliphatic carbocycles. The van der Waals surface area contributed by atoms with Gasteiger partial charge in [0.2, 0.25) is 0 Å². The third kappa shape index (κ3) is 3.34. The molecule has 0 aliphatic heterocycles. The van der Waals surface area contributed by atoms with Crippen LogP contribution in [0.3, 0.4) is 0 Å². The highest BCUT2D eigenvalue weighted by Gasteiger charge is 2.16. The summed E-state index contributed by atoms with van der Waals surface area (Å²) in [6, 6.07) is 8.27. The molecule has 1 atom stereocenters. The summed E-state index contributed by atoms with van der Waals surface area (Å²) in [7, 11) is -0.756. The topological polar surface area (TPSA) is 29.1 Å². The van der Waals surface area contributed by atoms with Gasteiger partial charge in [-0.2, -0.15) is 0 Å². The van der Waals surface area contributed by atoms with E-state index in [1.54, 1.807) is 6.26 Å². The number of benzene rings is 1. The van der Waals surface area contributed by atoms with Crippen LogP contribution in [-0.2, 0) is 16.6 Å². The maximum Gasteiger partial charge on any atom is 0.0483 e. The van der Waals surface area contributed by atoms with E-state index in [0.29, 0.717) is 5.75 Å². The van der Waals surface area contributed by atoms with Crippen molar-refractivity contribution in [1.29, 1.82) is 0 Å². The summed E-state index contributed by atoms with van der Waals surface area (Å²) < 4.78 is 11.1. The van der Waals surface area contributed by atoms with Crippen LogP contribution in [0, 0.1) is 5.92 Å². The lowest BCUT2D eigenvalue weighted by Crippen LogP contribution is -2.20. The molecule has 2 rings (SSSR count). The van der Waals surface area contributed by atoms with E-state index in [9.17, 15) is 4.21 Å². The summed E-state index contributed by atoms with van der Waals surface area (Å²) in [5.41, 5.74) is 2.31. The Bertz CT molecular complexity index is 374. The summed E-state index contributed by atoms with van der Waals surface area (Å²) in [5, 5.41) is 3.46. The van der Waals surface area contributed by atoms with E-state index >= 15 is 0 Å². The van der Waals surface area contributed by atoms with Gasteiger partial charge in [0, 0.05) is 35.0 Å². The SMILES string of the molecule is C[S@](=O)Cc1cccc(NCC2CCC2)c1. The Balaban J connectivity index is 1.89. The van der Waals surface area contributed by atoms with Crippen molar-refractivity contribution >= 4 is 16.5 Å². The molecule has 0 radical (unpaired) electrons. The van der Waals surface area contributed by atoms with Crippen LogP contribution in [0.4, 0.5) is 5.69 Å². The number of rotatable bonds is 5. The van der Waals surface area contributed by atoms with Gasteiger partial charge in [-0.15, -0.1) is 0 Å². The molecule has 16 heavy (non-hydrogen) atoms. The average Bonchev–Trinajstić information content (AvgIpc) is 2.14. The first-order chi connectivity index (χ1) is 7.74. The van der Waals surface area contributed by atoms with E-state index in [0.717, 1.165) is 23.7 Å². The normalized spacial score (nSPS) is 17.8. The number of anilines is 1. The molecule has 88 valence electrons. The highest BCUT2D eigenvalue weighted by molar-refractivity contribution is 7.83. The van der Waals surface area contributed by atoms with E-state index in [1.165, 1.54) is 19.3 Å². The molecule has 0 amide bonds. The molecule has 0 bridgehead atoms. The third-order valence-corrected chi connectivity index (χ3v) is 3.86. The van der Waals surface area contributed by atoms with Crippen molar-refractivity contribution in [1.82, 2.24) is 0 Å². The second-order valence-electron chi connectivity index (χ2n) is 4.60. The minimum atomic E-state index is -0.756. The van der Waals surface area contributed by atoms with Gasteiger partial charge in [-0.1, -0.05) is 18.6 Å². The molecule has 2 nitrogen and oxygen atoms in total. The first-order valence-electron chi connectivity index (χ1n) is 5.87. The molecule has 1 aliphatic rings. The zero-order chi connectivity index (χ0) is 11.4. The standard InChI is InChI=1S/C13H19NOS/c1-16(15)10-12-6-3-7-13(8-12)14-9-11-4-2-5-11/h3,6-8,11,14H,2,4-5,9-10H2,1H3/t16-/m0/s1. The second kappa shape index (κ2) is 5.48. The fourth-order valence-electron chi connectivity index (χ4n) is 1.96. The van der Waals surface area contributed by atoms with Gasteiger partial charge in [-0.25, -0.2) is 0 Å². The number of nitrogens with one attached hydrogen (secondary N) is 1. The third-order valence-electron chi connectivity index (χ3n) is 3.12. The van der Waals surface area contributed by atoms with E-state index < -0.39 is 10.8 Å². The molecule has 0 aromatic heterocycles. The molecule has 1 fully saturated rings. The fraction of sp³-hybridized carbons (Fsp3) is 0.538. The molecule has 0 spiro atoms. The minimum absolute atomic E-state index is 0.652. The van der Waals surface area contributed by atoms with Crippen LogP contribution in [0.15, 0.2) is 24.3 Å². The van der Waals surface area contributed by atoms with Crippen LogP contribution >= 0.6 is 0 Å². The summed E-state index contributed by atoms with van der Waals surface area (Å²) in [6.45, 7) is 1.08. The highest BCUT2D eigenvalue weighted by Crippen LogP contribution is 2.26. The molecule has 0 saturated heterocycles. The summed E-state index contributed by atoms with van der Waals surface area (Å²) in [4.78, 5) is 0. The van der Waals surface area contributed by atoms with Gasteiger partial charge in [-0.3, -0.25) is 4.21 Å². The van der Waals surface area contributed by atoms with Crippen LogP contribution in [0.25, 0.3) is 0 Å². The lowest BCUT2D eigenvalue weighted by Gasteiger charge is -2.25. The number of hydrogen-bond acceptors (Lipinski definition) is 2. The Morgan fingerprint density at radius 3 is 2.88 bits per heavy atom. The summed E-state index contributed by atoms with van der Waals surface area (Å²) in [6.07, 6.45) is 5.87. The van der Waals surface area contributed by atoms with Crippen LogP contribution in [0.1, 0.15) is 24.8 Å². The van der Waals surface area contributed by atoms with Crippen molar-refractivity contribution in [2.75, 3.05) is 18.1 Å². The highest BCUT2D eigenvalue weighted by atomic mass is 32.2. The summed E-state index contributed by atoms with van der Waals surface area (Å²) in [5.74, 6) is 1.52. The number of hydrogen-bond donors (Lipinski definition) is 1. The molecular weight excluding hydrogens is 218 g/mol. The van der Waals surface area contributed by atoms with Crippen LogP contribution < -0.4 is 5.32 Å². The quantitative estimate of drug-likeness (QED) is 0.853. The van der Waals surface area contributed by atoms with Crippen molar-refractivity contribution in [3.05, 3.63) is 29.8 Å². The molecule has 0 heterocycles. The maximum absolute atomic E-state index is 11.1. The monoisotopic (exact) mass is 237 g/mol. The lowest BCUT2D eigenvalue weighted by atomic mass is 9.85. The van der Waals surface area contributed by atoms with E-state index in [1.807, 2.05) is 12.1 Å². The van der Waals surface area contributed by atoms with Crippen molar-refractivity contribution < 1.29 is 4.21 Å². The van der Waals surface area contributed by atoms with Crippen LogP contribution in [0.2, 0.25) is 0 Å². The fourth-order valence-corrected chi connectivity index (χ4v) is 2.61. The van der Waals surface area contributed by atoms with Gasteiger partial charge in [0.1, 0.15) is 0 Å². The van der Waals surface area contributed by atoms with Crippen LogP contribution in [-0.4, -0.2) is 17.0 Å².